The summed E-state index contributed by atoms with van der Waals surface area (Å²) >= 11 is 5.94. The molecular weight excluding hydrogens is 318 g/mol. The Bertz CT molecular complexity index is 779. The summed E-state index contributed by atoms with van der Waals surface area (Å²) in [6, 6.07) is 8.65. The second-order valence-electron chi connectivity index (χ2n) is 5.10. The maximum absolute atomic E-state index is 12.3. The van der Waals surface area contributed by atoms with Crippen LogP contribution in [0.15, 0.2) is 36.5 Å². The van der Waals surface area contributed by atoms with Gasteiger partial charge in [-0.15, -0.1) is 0 Å². The number of nitrogens with one attached hydrogen (secondary N) is 1. The zero-order chi connectivity index (χ0) is 16.4. The molecule has 7 heteroatoms. The topological polar surface area (TPSA) is 71.5 Å². The number of amides is 2. The minimum absolute atomic E-state index is 0.109. The lowest BCUT2D eigenvalue weighted by Crippen LogP contribution is -2.44. The Kier molecular flexibility index (Phi) is 4.16. The summed E-state index contributed by atoms with van der Waals surface area (Å²) in [6.07, 6.45) is 1.55. The van der Waals surface area contributed by atoms with Crippen molar-refractivity contribution in [1.29, 1.82) is 0 Å². The number of aromatic nitrogens is 1. The standard InChI is InChI=1S/C16H14ClN3O3/c1-10-4-5-11(17)7-12(10)19-14(21)8-20-15(22)9-23-13-3-2-6-18-16(13)20/h2-7H,8-9H2,1H3,(H,19,21). The highest BCUT2D eigenvalue weighted by Gasteiger charge is 2.28. The summed E-state index contributed by atoms with van der Waals surface area (Å²) in [7, 11) is 0. The van der Waals surface area contributed by atoms with Crippen LogP contribution in [0.3, 0.4) is 0 Å². The predicted molar refractivity (Wildman–Crippen MR) is 86.9 cm³/mol. The number of hydrogen-bond acceptors (Lipinski definition) is 4. The molecule has 0 saturated heterocycles. The van der Waals surface area contributed by atoms with E-state index in [4.69, 9.17) is 16.3 Å². The van der Waals surface area contributed by atoms with Gasteiger partial charge in [-0.3, -0.25) is 14.5 Å². The van der Waals surface area contributed by atoms with E-state index in [1.165, 1.54) is 4.90 Å². The fourth-order valence-electron chi connectivity index (χ4n) is 2.26. The lowest BCUT2D eigenvalue weighted by Gasteiger charge is -2.27. The molecule has 2 amide bonds. The summed E-state index contributed by atoms with van der Waals surface area (Å²) in [5, 5.41) is 3.29. The number of halogens is 1. The highest BCUT2D eigenvalue weighted by Crippen LogP contribution is 2.29. The lowest BCUT2D eigenvalue weighted by molar-refractivity contribution is -0.123. The Labute approximate surface area is 138 Å². The molecule has 1 aliphatic heterocycles. The molecule has 0 saturated carbocycles. The van der Waals surface area contributed by atoms with Crippen LogP contribution in [0, 0.1) is 6.92 Å². The first kappa shape index (κ1) is 15.3. The van der Waals surface area contributed by atoms with Gasteiger partial charge in [0.1, 0.15) is 6.54 Å². The van der Waals surface area contributed by atoms with Crippen LogP contribution in [-0.4, -0.2) is 29.9 Å². The van der Waals surface area contributed by atoms with Gasteiger partial charge in [-0.2, -0.15) is 0 Å². The molecule has 0 unspecified atom stereocenters. The van der Waals surface area contributed by atoms with Gasteiger partial charge in [0.05, 0.1) is 0 Å². The first-order valence-electron chi connectivity index (χ1n) is 6.99. The maximum Gasteiger partial charge on any atom is 0.266 e. The molecule has 1 aromatic heterocycles. The Morgan fingerprint density at radius 3 is 3.09 bits per heavy atom. The summed E-state index contributed by atoms with van der Waals surface area (Å²) in [6.45, 7) is 1.61. The molecule has 1 N–H and O–H groups in total. The Morgan fingerprint density at radius 2 is 2.26 bits per heavy atom. The second kappa shape index (κ2) is 6.26. The van der Waals surface area contributed by atoms with Crippen molar-refractivity contribution in [2.24, 2.45) is 0 Å². The molecular formula is C16H14ClN3O3. The Hall–Kier alpha value is -2.60. The number of pyridine rings is 1. The number of rotatable bonds is 3. The van der Waals surface area contributed by atoms with Crippen molar-refractivity contribution in [2.75, 3.05) is 23.4 Å². The molecule has 1 aliphatic rings. The van der Waals surface area contributed by atoms with Gasteiger partial charge < -0.3 is 10.1 Å². The Morgan fingerprint density at radius 1 is 1.43 bits per heavy atom. The highest BCUT2D eigenvalue weighted by molar-refractivity contribution is 6.31. The average molecular weight is 332 g/mol. The predicted octanol–water partition coefficient (Wildman–Crippen LogP) is 2.41. The maximum atomic E-state index is 12.3. The summed E-state index contributed by atoms with van der Waals surface area (Å²) in [5.41, 5.74) is 1.50. The number of carbonyl (C=O) groups excluding carboxylic acids is 2. The minimum Gasteiger partial charge on any atom is -0.480 e. The SMILES string of the molecule is Cc1ccc(Cl)cc1NC(=O)CN1C(=O)COc2cccnc21. The molecule has 3 rings (SSSR count). The summed E-state index contributed by atoms with van der Waals surface area (Å²) in [5.74, 6) is 0.192. The highest BCUT2D eigenvalue weighted by atomic mass is 35.5. The van der Waals surface area contributed by atoms with Gasteiger partial charge in [-0.25, -0.2) is 4.98 Å². The molecule has 1 aromatic carbocycles. The Balaban J connectivity index is 1.78. The van der Waals surface area contributed by atoms with Gasteiger partial charge in [0.15, 0.2) is 18.2 Å². The number of anilines is 2. The van der Waals surface area contributed by atoms with Gasteiger partial charge in [0.25, 0.3) is 5.91 Å². The second-order valence-corrected chi connectivity index (χ2v) is 5.54. The molecule has 2 aromatic rings. The fraction of sp³-hybridized carbons (Fsp3) is 0.188. The van der Waals surface area contributed by atoms with Crippen LogP contribution in [0.1, 0.15) is 5.56 Å². The first-order chi connectivity index (χ1) is 11.0. The van der Waals surface area contributed by atoms with E-state index in [9.17, 15) is 9.59 Å². The van der Waals surface area contributed by atoms with Crippen molar-refractivity contribution in [3.05, 3.63) is 47.1 Å². The largest absolute Gasteiger partial charge is 0.480 e. The first-order valence-corrected chi connectivity index (χ1v) is 7.36. The van der Waals surface area contributed by atoms with Crippen molar-refractivity contribution in [3.8, 4) is 5.75 Å². The van der Waals surface area contributed by atoms with E-state index >= 15 is 0 Å². The van der Waals surface area contributed by atoms with Crippen LogP contribution in [-0.2, 0) is 9.59 Å². The van der Waals surface area contributed by atoms with Gasteiger partial charge in [0.2, 0.25) is 5.91 Å². The van der Waals surface area contributed by atoms with Crippen LogP contribution in [0.4, 0.5) is 11.5 Å². The number of carbonyl (C=O) groups is 2. The normalized spacial score (nSPS) is 13.3. The molecule has 0 bridgehead atoms. The molecule has 6 nitrogen and oxygen atoms in total. The van der Waals surface area contributed by atoms with Gasteiger partial charge in [0, 0.05) is 16.9 Å². The molecule has 0 atom stereocenters. The number of benzene rings is 1. The molecule has 23 heavy (non-hydrogen) atoms. The third kappa shape index (κ3) is 3.27. The zero-order valence-corrected chi connectivity index (χ0v) is 13.1. The van der Waals surface area contributed by atoms with E-state index in [2.05, 4.69) is 10.3 Å². The molecule has 0 radical (unpaired) electrons. The third-order valence-corrected chi connectivity index (χ3v) is 3.67. The monoisotopic (exact) mass is 331 g/mol. The van der Waals surface area contributed by atoms with Crippen molar-refractivity contribution >= 4 is 34.9 Å². The van der Waals surface area contributed by atoms with E-state index in [-0.39, 0.29) is 25.0 Å². The zero-order valence-electron chi connectivity index (χ0n) is 12.4. The molecule has 0 spiro atoms. The molecule has 2 heterocycles. The van der Waals surface area contributed by atoms with Crippen LogP contribution < -0.4 is 15.0 Å². The van der Waals surface area contributed by atoms with Crippen LogP contribution >= 0.6 is 11.6 Å². The number of ether oxygens (including phenoxy) is 1. The number of aryl methyl sites for hydroxylation is 1. The van der Waals surface area contributed by atoms with E-state index < -0.39 is 0 Å². The van der Waals surface area contributed by atoms with Crippen LogP contribution in [0.2, 0.25) is 5.02 Å². The van der Waals surface area contributed by atoms with Crippen LogP contribution in [0.25, 0.3) is 0 Å². The van der Waals surface area contributed by atoms with E-state index in [1.807, 2.05) is 13.0 Å². The van der Waals surface area contributed by atoms with E-state index in [0.29, 0.717) is 22.3 Å². The third-order valence-electron chi connectivity index (χ3n) is 3.43. The van der Waals surface area contributed by atoms with Crippen molar-refractivity contribution < 1.29 is 14.3 Å². The van der Waals surface area contributed by atoms with E-state index in [0.717, 1.165) is 5.56 Å². The van der Waals surface area contributed by atoms with Crippen LogP contribution in [0.5, 0.6) is 5.75 Å². The average Bonchev–Trinajstić information content (AvgIpc) is 2.54. The fourth-order valence-corrected chi connectivity index (χ4v) is 2.43. The van der Waals surface area contributed by atoms with Gasteiger partial charge in [-0.1, -0.05) is 17.7 Å². The summed E-state index contributed by atoms with van der Waals surface area (Å²) < 4.78 is 5.30. The van der Waals surface area contributed by atoms with Gasteiger partial charge in [-0.05, 0) is 36.8 Å². The smallest absolute Gasteiger partial charge is 0.266 e. The van der Waals surface area contributed by atoms with E-state index in [1.54, 1.807) is 30.5 Å². The van der Waals surface area contributed by atoms with Crippen molar-refractivity contribution in [2.45, 2.75) is 6.92 Å². The molecule has 118 valence electrons. The quantitative estimate of drug-likeness (QED) is 0.937. The number of nitrogens with zero attached hydrogens (tertiary/aromatic N) is 2. The van der Waals surface area contributed by atoms with Crippen molar-refractivity contribution in [3.63, 3.8) is 0 Å². The number of hydrogen-bond donors (Lipinski definition) is 1. The lowest BCUT2D eigenvalue weighted by atomic mass is 10.2. The van der Waals surface area contributed by atoms with Crippen molar-refractivity contribution in [1.82, 2.24) is 4.98 Å². The minimum atomic E-state index is -0.331. The summed E-state index contributed by atoms with van der Waals surface area (Å²) in [4.78, 5) is 29.7. The molecule has 0 aliphatic carbocycles. The molecule has 0 fully saturated rings. The number of fused-ring (bicyclic) bond motifs is 1. The van der Waals surface area contributed by atoms with Gasteiger partial charge >= 0.3 is 0 Å².